The van der Waals surface area contributed by atoms with E-state index in [1.807, 2.05) is 38.3 Å². The van der Waals surface area contributed by atoms with Crippen molar-refractivity contribution in [3.05, 3.63) is 29.6 Å². The molecule has 0 unspecified atom stereocenters. The third-order valence-corrected chi connectivity index (χ3v) is 4.39. The molecule has 1 heterocycles. The maximum atomic E-state index is 5.87. The molecule has 2 rings (SSSR count). The summed E-state index contributed by atoms with van der Waals surface area (Å²) in [6.45, 7) is 7.49. The van der Waals surface area contributed by atoms with Crippen molar-refractivity contribution < 1.29 is 9.47 Å². The number of unbranched alkanes of at least 4 members (excludes halogenated alkanes) is 2. The van der Waals surface area contributed by atoms with Crippen LogP contribution >= 0.6 is 11.8 Å². The zero-order valence-electron chi connectivity index (χ0n) is 16.1. The van der Waals surface area contributed by atoms with E-state index in [0.717, 1.165) is 40.9 Å². The Morgan fingerprint density at radius 1 is 1.12 bits per heavy atom. The van der Waals surface area contributed by atoms with Gasteiger partial charge in [0.1, 0.15) is 0 Å². The second-order valence-electron chi connectivity index (χ2n) is 5.71. The summed E-state index contributed by atoms with van der Waals surface area (Å²) in [7, 11) is 0. The van der Waals surface area contributed by atoms with E-state index in [2.05, 4.69) is 22.2 Å². The summed E-state index contributed by atoms with van der Waals surface area (Å²) in [6.07, 6.45) is 7.94. The Balaban J connectivity index is 2.17. The van der Waals surface area contributed by atoms with Crippen molar-refractivity contribution in [2.75, 3.05) is 19.5 Å². The first-order valence-electron chi connectivity index (χ1n) is 9.15. The summed E-state index contributed by atoms with van der Waals surface area (Å²) in [5.74, 6) is 2.37. The van der Waals surface area contributed by atoms with Gasteiger partial charge in [-0.1, -0.05) is 38.5 Å². The summed E-state index contributed by atoms with van der Waals surface area (Å²) in [6, 6.07) is 5.88. The van der Waals surface area contributed by atoms with Gasteiger partial charge in [0.25, 0.3) is 0 Å². The van der Waals surface area contributed by atoms with E-state index in [1.54, 1.807) is 10.9 Å². The fourth-order valence-corrected chi connectivity index (χ4v) is 2.86. The average molecular weight is 377 g/mol. The maximum absolute atomic E-state index is 5.87. The highest BCUT2D eigenvalue weighted by Crippen LogP contribution is 2.28. The van der Waals surface area contributed by atoms with Gasteiger partial charge >= 0.3 is 0 Å². The number of aromatic nitrogens is 3. The maximum Gasteiger partial charge on any atom is 0.211 e. The molecule has 0 saturated heterocycles. The first-order valence-corrected chi connectivity index (χ1v) is 10.4. The minimum atomic E-state index is 0.591. The van der Waals surface area contributed by atoms with Crippen LogP contribution in [0.1, 0.15) is 51.4 Å². The van der Waals surface area contributed by atoms with E-state index in [0.29, 0.717) is 13.2 Å². The Bertz CT molecular complexity index is 694. The van der Waals surface area contributed by atoms with Gasteiger partial charge in [0.2, 0.25) is 5.16 Å². The molecule has 1 aromatic carbocycles. The molecule has 0 radical (unpaired) electrons. The van der Waals surface area contributed by atoms with Gasteiger partial charge in [-0.2, -0.15) is 9.78 Å². The molecule has 0 N–H and O–H groups in total. The second-order valence-corrected chi connectivity index (χ2v) is 6.48. The van der Waals surface area contributed by atoms with Crippen LogP contribution < -0.4 is 9.47 Å². The van der Waals surface area contributed by atoms with Crippen molar-refractivity contribution in [3.8, 4) is 11.5 Å². The van der Waals surface area contributed by atoms with Crippen molar-refractivity contribution in [3.63, 3.8) is 0 Å². The van der Waals surface area contributed by atoms with Gasteiger partial charge in [-0.3, -0.25) is 0 Å². The number of nitrogens with zero attached hydrogens (tertiary/aromatic N) is 4. The molecule has 0 aliphatic rings. The average Bonchev–Trinajstić information content (AvgIpc) is 3.07. The van der Waals surface area contributed by atoms with Gasteiger partial charge < -0.3 is 9.47 Å². The van der Waals surface area contributed by atoms with Gasteiger partial charge in [0.05, 0.1) is 19.4 Å². The molecule has 0 aliphatic heterocycles. The lowest BCUT2D eigenvalue weighted by molar-refractivity contribution is 0.271. The molecular weight excluding hydrogens is 348 g/mol. The fourth-order valence-electron chi connectivity index (χ4n) is 2.41. The standard InChI is InChI=1S/C19H28N4O2S/c1-5-8-9-12-25-16-11-10-15(13-17(16)24-7-3)14-20-23-18(6-2)21-22-19(23)26-4/h10-11,13-14H,5-9,12H2,1-4H3/b20-14-. The first kappa shape index (κ1) is 20.3. The van der Waals surface area contributed by atoms with E-state index >= 15 is 0 Å². The minimum absolute atomic E-state index is 0.591. The number of thioether (sulfide) groups is 1. The topological polar surface area (TPSA) is 61.5 Å². The molecule has 0 amide bonds. The largest absolute Gasteiger partial charge is 0.490 e. The van der Waals surface area contributed by atoms with Crippen LogP contribution in [0.4, 0.5) is 0 Å². The monoisotopic (exact) mass is 376 g/mol. The normalized spacial score (nSPS) is 11.2. The van der Waals surface area contributed by atoms with Crippen molar-refractivity contribution in [2.45, 2.75) is 51.6 Å². The van der Waals surface area contributed by atoms with Gasteiger partial charge in [0.15, 0.2) is 17.3 Å². The highest BCUT2D eigenvalue weighted by atomic mass is 32.2. The van der Waals surface area contributed by atoms with Crippen LogP contribution in [0.15, 0.2) is 28.5 Å². The van der Waals surface area contributed by atoms with E-state index in [9.17, 15) is 0 Å². The molecule has 26 heavy (non-hydrogen) atoms. The number of ether oxygens (including phenoxy) is 2. The molecule has 7 heteroatoms. The molecule has 0 aliphatic carbocycles. The fraction of sp³-hybridized carbons (Fsp3) is 0.526. The number of hydrogen-bond donors (Lipinski definition) is 0. The molecule has 2 aromatic rings. The van der Waals surface area contributed by atoms with Gasteiger partial charge in [-0.25, -0.2) is 0 Å². The van der Waals surface area contributed by atoms with Crippen LogP contribution in [0.25, 0.3) is 0 Å². The lowest BCUT2D eigenvalue weighted by Gasteiger charge is -2.12. The van der Waals surface area contributed by atoms with Gasteiger partial charge in [-0.15, -0.1) is 10.2 Å². The minimum Gasteiger partial charge on any atom is -0.490 e. The van der Waals surface area contributed by atoms with Gasteiger partial charge in [0, 0.05) is 6.42 Å². The third-order valence-electron chi connectivity index (χ3n) is 3.77. The zero-order chi connectivity index (χ0) is 18.8. The summed E-state index contributed by atoms with van der Waals surface area (Å²) >= 11 is 1.52. The van der Waals surface area contributed by atoms with Gasteiger partial charge in [-0.05, 0) is 43.4 Å². The lowest BCUT2D eigenvalue weighted by atomic mass is 10.2. The lowest BCUT2D eigenvalue weighted by Crippen LogP contribution is -2.02. The smallest absolute Gasteiger partial charge is 0.211 e. The van der Waals surface area contributed by atoms with E-state index in [-0.39, 0.29) is 0 Å². The summed E-state index contributed by atoms with van der Waals surface area (Å²) in [5.41, 5.74) is 0.942. The van der Waals surface area contributed by atoms with Crippen molar-refractivity contribution >= 4 is 18.0 Å². The Kier molecular flexibility index (Phi) is 8.47. The molecule has 6 nitrogen and oxygen atoms in total. The van der Waals surface area contributed by atoms with Crippen LogP contribution in [-0.4, -0.2) is 40.6 Å². The molecule has 0 atom stereocenters. The molecule has 1 aromatic heterocycles. The molecule has 142 valence electrons. The number of hydrogen-bond acceptors (Lipinski definition) is 6. The van der Waals surface area contributed by atoms with Crippen LogP contribution in [-0.2, 0) is 6.42 Å². The zero-order valence-corrected chi connectivity index (χ0v) is 16.9. The Hall–Kier alpha value is -2.02. The molecule has 0 saturated carbocycles. The van der Waals surface area contributed by atoms with Crippen LogP contribution in [0, 0.1) is 0 Å². The SMILES string of the molecule is CCCCCOc1ccc(/C=N\n2c(CC)nnc2SC)cc1OCC. The van der Waals surface area contributed by atoms with E-state index < -0.39 is 0 Å². The molecule has 0 bridgehead atoms. The van der Waals surface area contributed by atoms with Crippen molar-refractivity contribution in [2.24, 2.45) is 5.10 Å². The Labute approximate surface area is 160 Å². The number of rotatable bonds is 11. The van der Waals surface area contributed by atoms with E-state index in [4.69, 9.17) is 9.47 Å². The van der Waals surface area contributed by atoms with Crippen LogP contribution in [0.2, 0.25) is 0 Å². The summed E-state index contributed by atoms with van der Waals surface area (Å²) in [4.78, 5) is 0. The molecule has 0 spiro atoms. The number of aryl methyl sites for hydroxylation is 1. The molecular formula is C19H28N4O2S. The van der Waals surface area contributed by atoms with Crippen molar-refractivity contribution in [1.29, 1.82) is 0 Å². The molecule has 0 fully saturated rings. The highest BCUT2D eigenvalue weighted by molar-refractivity contribution is 7.98. The van der Waals surface area contributed by atoms with E-state index in [1.165, 1.54) is 24.6 Å². The summed E-state index contributed by atoms with van der Waals surface area (Å²) < 4.78 is 13.4. The second kappa shape index (κ2) is 10.9. The van der Waals surface area contributed by atoms with Crippen molar-refractivity contribution in [1.82, 2.24) is 14.9 Å². The van der Waals surface area contributed by atoms with Crippen LogP contribution in [0.3, 0.4) is 0 Å². The quantitative estimate of drug-likeness (QED) is 0.330. The Morgan fingerprint density at radius 2 is 1.96 bits per heavy atom. The predicted molar refractivity (Wildman–Crippen MR) is 107 cm³/mol. The summed E-state index contributed by atoms with van der Waals surface area (Å²) in [5, 5.41) is 13.6. The predicted octanol–water partition coefficient (Wildman–Crippen LogP) is 4.41. The third kappa shape index (κ3) is 5.49. The Morgan fingerprint density at radius 3 is 2.65 bits per heavy atom. The highest BCUT2D eigenvalue weighted by Gasteiger charge is 2.09. The van der Waals surface area contributed by atoms with Crippen LogP contribution in [0.5, 0.6) is 11.5 Å². The first-order chi connectivity index (χ1) is 12.7. The number of benzene rings is 1.